The van der Waals surface area contributed by atoms with Crippen LogP contribution in [0.2, 0.25) is 0 Å². The van der Waals surface area contributed by atoms with Gasteiger partial charge in [-0.15, -0.1) is 11.8 Å². The molecule has 0 saturated carbocycles. The average Bonchev–Trinajstić information content (AvgIpc) is 2.76. The maximum Gasteiger partial charge on any atom is 0.234 e. The summed E-state index contributed by atoms with van der Waals surface area (Å²) < 4.78 is 11.1. The molecule has 154 valence electrons. The molecule has 1 aliphatic heterocycles. The Morgan fingerprint density at radius 3 is 2.52 bits per heavy atom. The number of anilines is 1. The van der Waals surface area contributed by atoms with E-state index >= 15 is 0 Å². The summed E-state index contributed by atoms with van der Waals surface area (Å²) in [6.07, 6.45) is 0.794. The van der Waals surface area contributed by atoms with Crippen molar-refractivity contribution in [1.29, 1.82) is 0 Å². The van der Waals surface area contributed by atoms with Crippen LogP contribution in [0.25, 0.3) is 0 Å². The molecule has 29 heavy (non-hydrogen) atoms. The van der Waals surface area contributed by atoms with Crippen molar-refractivity contribution >= 4 is 29.3 Å². The molecule has 3 rings (SSSR count). The van der Waals surface area contributed by atoms with Crippen molar-refractivity contribution < 1.29 is 19.1 Å². The Bertz CT molecular complexity index is 794. The topological polar surface area (TPSA) is 67.9 Å². The zero-order chi connectivity index (χ0) is 20.3. The first kappa shape index (κ1) is 21.2. The van der Waals surface area contributed by atoms with Crippen LogP contribution >= 0.6 is 11.8 Å². The second kappa shape index (κ2) is 11.5. The number of carbonyl (C=O) groups excluding carboxylic acids is 2. The highest BCUT2D eigenvalue weighted by Crippen LogP contribution is 2.24. The SMILES string of the molecule is O=C(CSCC(=O)N1CCOCC1)Nc1ccccc1OCCc1ccccc1. The zero-order valence-corrected chi connectivity index (χ0v) is 17.2. The van der Waals surface area contributed by atoms with E-state index < -0.39 is 0 Å². The number of hydrogen-bond acceptors (Lipinski definition) is 5. The van der Waals surface area contributed by atoms with Crippen molar-refractivity contribution in [2.45, 2.75) is 6.42 Å². The molecule has 1 heterocycles. The molecule has 1 saturated heterocycles. The molecule has 0 aromatic heterocycles. The third-order valence-corrected chi connectivity index (χ3v) is 5.39. The van der Waals surface area contributed by atoms with Crippen molar-refractivity contribution in [3.63, 3.8) is 0 Å². The maximum atomic E-state index is 12.3. The number of benzene rings is 2. The van der Waals surface area contributed by atoms with Crippen LogP contribution in [0, 0.1) is 0 Å². The van der Waals surface area contributed by atoms with Gasteiger partial charge in [0.15, 0.2) is 0 Å². The summed E-state index contributed by atoms with van der Waals surface area (Å²) in [7, 11) is 0. The molecule has 2 aromatic rings. The molecule has 0 radical (unpaired) electrons. The van der Waals surface area contributed by atoms with Crippen molar-refractivity contribution in [3.8, 4) is 5.75 Å². The molecular formula is C22H26N2O4S. The Morgan fingerprint density at radius 2 is 1.72 bits per heavy atom. The molecule has 0 unspecified atom stereocenters. The number of rotatable bonds is 9. The Balaban J connectivity index is 1.42. The Morgan fingerprint density at radius 1 is 1.00 bits per heavy atom. The summed E-state index contributed by atoms with van der Waals surface area (Å²) in [4.78, 5) is 26.2. The van der Waals surface area contributed by atoms with Gasteiger partial charge in [-0.05, 0) is 17.7 Å². The predicted molar refractivity (Wildman–Crippen MR) is 115 cm³/mol. The Kier molecular flexibility index (Phi) is 8.40. The summed E-state index contributed by atoms with van der Waals surface area (Å²) >= 11 is 1.32. The minimum absolute atomic E-state index is 0.0516. The minimum Gasteiger partial charge on any atom is -0.491 e. The Hall–Kier alpha value is -2.51. The first-order chi connectivity index (χ1) is 14.2. The van der Waals surface area contributed by atoms with E-state index in [-0.39, 0.29) is 17.6 Å². The number of thioether (sulfide) groups is 1. The second-order valence-corrected chi connectivity index (χ2v) is 7.60. The van der Waals surface area contributed by atoms with Crippen molar-refractivity contribution in [3.05, 3.63) is 60.2 Å². The highest BCUT2D eigenvalue weighted by Gasteiger charge is 2.17. The average molecular weight is 415 g/mol. The van der Waals surface area contributed by atoms with Gasteiger partial charge < -0.3 is 19.7 Å². The first-order valence-corrected chi connectivity index (χ1v) is 10.9. The van der Waals surface area contributed by atoms with Crippen LogP contribution in [-0.4, -0.2) is 61.1 Å². The Labute approximate surface area is 175 Å². The number of amides is 2. The molecular weight excluding hydrogens is 388 g/mol. The van der Waals surface area contributed by atoms with Gasteiger partial charge >= 0.3 is 0 Å². The molecule has 2 amide bonds. The zero-order valence-electron chi connectivity index (χ0n) is 16.3. The largest absolute Gasteiger partial charge is 0.491 e. The maximum absolute atomic E-state index is 12.3. The van der Waals surface area contributed by atoms with Crippen LogP contribution < -0.4 is 10.1 Å². The van der Waals surface area contributed by atoms with Crippen LogP contribution in [-0.2, 0) is 20.7 Å². The van der Waals surface area contributed by atoms with Gasteiger partial charge in [0.2, 0.25) is 11.8 Å². The van der Waals surface area contributed by atoms with Crippen LogP contribution in [0.5, 0.6) is 5.75 Å². The molecule has 1 aliphatic rings. The van der Waals surface area contributed by atoms with Gasteiger partial charge in [0.25, 0.3) is 0 Å². The fourth-order valence-electron chi connectivity index (χ4n) is 2.94. The summed E-state index contributed by atoms with van der Waals surface area (Å²) in [6.45, 7) is 2.94. The molecule has 0 bridgehead atoms. The minimum atomic E-state index is -0.149. The predicted octanol–water partition coefficient (Wildman–Crippen LogP) is 2.84. The normalized spacial score (nSPS) is 13.7. The number of ether oxygens (including phenoxy) is 2. The van der Waals surface area contributed by atoms with E-state index in [1.807, 2.05) is 42.5 Å². The van der Waals surface area contributed by atoms with Crippen LogP contribution in [0.3, 0.4) is 0 Å². The second-order valence-electron chi connectivity index (χ2n) is 6.61. The molecule has 6 nitrogen and oxygen atoms in total. The van der Waals surface area contributed by atoms with Gasteiger partial charge in [-0.1, -0.05) is 42.5 Å². The van der Waals surface area contributed by atoms with Gasteiger partial charge in [-0.2, -0.15) is 0 Å². The lowest BCUT2D eigenvalue weighted by atomic mass is 10.2. The lowest BCUT2D eigenvalue weighted by molar-refractivity contribution is -0.132. The number of morpholine rings is 1. The number of hydrogen-bond donors (Lipinski definition) is 1. The molecule has 0 aliphatic carbocycles. The van der Waals surface area contributed by atoms with E-state index in [2.05, 4.69) is 17.4 Å². The number of para-hydroxylation sites is 2. The lowest BCUT2D eigenvalue weighted by Crippen LogP contribution is -2.41. The van der Waals surface area contributed by atoms with E-state index in [9.17, 15) is 9.59 Å². The standard InChI is InChI=1S/C22H26N2O4S/c25-21(16-29-17-22(26)24-11-14-27-15-12-24)23-19-8-4-5-9-20(19)28-13-10-18-6-2-1-3-7-18/h1-9H,10-17H2,(H,23,25). The van der Waals surface area contributed by atoms with Crippen molar-refractivity contribution in [1.82, 2.24) is 4.90 Å². The fourth-order valence-corrected chi connectivity index (χ4v) is 3.66. The van der Waals surface area contributed by atoms with Gasteiger partial charge in [-0.25, -0.2) is 0 Å². The molecule has 0 spiro atoms. The highest BCUT2D eigenvalue weighted by molar-refractivity contribution is 8.00. The first-order valence-electron chi connectivity index (χ1n) is 9.71. The molecule has 2 aromatic carbocycles. The summed E-state index contributed by atoms with van der Waals surface area (Å²) in [6, 6.07) is 17.5. The van der Waals surface area contributed by atoms with Gasteiger partial charge in [0.05, 0.1) is 37.0 Å². The van der Waals surface area contributed by atoms with Gasteiger partial charge in [-0.3, -0.25) is 9.59 Å². The van der Waals surface area contributed by atoms with E-state index in [4.69, 9.17) is 9.47 Å². The fraction of sp³-hybridized carbons (Fsp3) is 0.364. The molecule has 7 heteroatoms. The number of nitrogens with one attached hydrogen (secondary N) is 1. The number of carbonyl (C=O) groups is 2. The van der Waals surface area contributed by atoms with Gasteiger partial charge in [0.1, 0.15) is 5.75 Å². The molecule has 1 fully saturated rings. The van der Waals surface area contributed by atoms with E-state index in [0.29, 0.717) is 50.1 Å². The lowest BCUT2D eigenvalue weighted by Gasteiger charge is -2.26. The van der Waals surface area contributed by atoms with E-state index in [0.717, 1.165) is 6.42 Å². The van der Waals surface area contributed by atoms with E-state index in [1.165, 1.54) is 17.3 Å². The smallest absolute Gasteiger partial charge is 0.234 e. The van der Waals surface area contributed by atoms with Crippen LogP contribution in [0.4, 0.5) is 5.69 Å². The quantitative estimate of drug-likeness (QED) is 0.683. The van der Waals surface area contributed by atoms with Crippen LogP contribution in [0.1, 0.15) is 5.56 Å². The van der Waals surface area contributed by atoms with Crippen molar-refractivity contribution in [2.75, 3.05) is 49.7 Å². The monoisotopic (exact) mass is 414 g/mol. The highest BCUT2D eigenvalue weighted by atomic mass is 32.2. The summed E-state index contributed by atoms with van der Waals surface area (Å²) in [5.41, 5.74) is 1.85. The van der Waals surface area contributed by atoms with Crippen molar-refractivity contribution in [2.24, 2.45) is 0 Å². The van der Waals surface area contributed by atoms with E-state index in [1.54, 1.807) is 4.90 Å². The van der Waals surface area contributed by atoms with Gasteiger partial charge in [0, 0.05) is 19.5 Å². The summed E-state index contributed by atoms with van der Waals surface area (Å²) in [5, 5.41) is 2.88. The van der Waals surface area contributed by atoms with Crippen LogP contribution in [0.15, 0.2) is 54.6 Å². The molecule has 1 N–H and O–H groups in total. The number of nitrogens with zero attached hydrogens (tertiary/aromatic N) is 1. The molecule has 0 atom stereocenters. The summed E-state index contributed by atoms with van der Waals surface area (Å²) in [5.74, 6) is 1.06. The third kappa shape index (κ3) is 7.11. The third-order valence-electron chi connectivity index (χ3n) is 4.47.